The van der Waals surface area contributed by atoms with Gasteiger partial charge in [0, 0.05) is 6.54 Å². The highest BCUT2D eigenvalue weighted by atomic mass is 32.7. The molecule has 6 atom stereocenters. The first kappa shape index (κ1) is 28.3. The number of hydrogen-bond acceptors (Lipinski definition) is 13. The number of H-pyrrole nitrogens is 1. The first-order valence-corrected chi connectivity index (χ1v) is 17.9. The molecule has 4 aromatic heterocycles. The van der Waals surface area contributed by atoms with E-state index in [9.17, 15) is 14.3 Å². The quantitative estimate of drug-likeness (QED) is 0.202. The smallest absolute Gasteiger partial charge is 0.324 e. The molecule has 21 heteroatoms. The first-order chi connectivity index (χ1) is 19.0. The molecule has 0 radical (unpaired) electrons. The van der Waals surface area contributed by atoms with Crippen LogP contribution in [0.25, 0.3) is 22.3 Å². The van der Waals surface area contributed by atoms with Crippen LogP contribution in [0.15, 0.2) is 23.6 Å². The van der Waals surface area contributed by atoms with E-state index in [2.05, 4.69) is 42.2 Å². The molecule has 0 amide bonds. The van der Waals surface area contributed by atoms with Crippen molar-refractivity contribution >= 4 is 71.7 Å². The Labute approximate surface area is 239 Å². The SMILES string of the molecule is Cc1nc2c(ncn2[C@@H]2S[C@@H]3COP(O)(=S)OCCn4c(nc5cncnc54)COP(=O)(S)O[C@@H]2[C@@H]3F)c(=O)[nH]1. The molecule has 15 nitrogen and oxygen atoms in total. The molecule has 0 aliphatic carbocycles. The first-order valence-electron chi connectivity index (χ1n) is 11.7. The molecule has 2 aliphatic heterocycles. The summed E-state index contributed by atoms with van der Waals surface area (Å²) in [6.07, 6.45) is 0.942. The summed E-state index contributed by atoms with van der Waals surface area (Å²) in [5.74, 6) is 0.602. The van der Waals surface area contributed by atoms with Crippen molar-refractivity contribution in [3.63, 3.8) is 0 Å². The van der Waals surface area contributed by atoms with Gasteiger partial charge in [0.05, 0.1) is 31.0 Å². The number of imidazole rings is 2. The third-order valence-corrected chi connectivity index (χ3v) is 10.9. The average Bonchev–Trinajstić information content (AvgIpc) is 3.55. The van der Waals surface area contributed by atoms with Crippen molar-refractivity contribution in [1.82, 2.24) is 39.0 Å². The van der Waals surface area contributed by atoms with E-state index in [1.165, 1.54) is 23.4 Å². The Morgan fingerprint density at radius 2 is 2.10 bits per heavy atom. The molecule has 0 spiro atoms. The fourth-order valence-electron chi connectivity index (χ4n) is 4.43. The van der Waals surface area contributed by atoms with Crippen LogP contribution in [0.5, 0.6) is 0 Å². The second kappa shape index (κ2) is 10.8. The Bertz CT molecular complexity index is 1750. The number of aryl methyl sites for hydroxylation is 1. The molecular formula is C19H21FN8O7P2S3. The molecule has 2 bridgehead atoms. The van der Waals surface area contributed by atoms with E-state index in [1.807, 2.05) is 0 Å². The minimum atomic E-state index is -4.21. The number of hydrogen-bond donors (Lipinski definition) is 3. The largest absolute Gasteiger partial charge is 0.387 e. The number of nitrogens with zero attached hydrogens (tertiary/aromatic N) is 7. The Kier molecular flexibility index (Phi) is 7.65. The summed E-state index contributed by atoms with van der Waals surface area (Å²) in [6.45, 7) is -7.02. The lowest BCUT2D eigenvalue weighted by molar-refractivity contribution is 0.0690. The van der Waals surface area contributed by atoms with Crippen molar-refractivity contribution in [2.45, 2.75) is 43.0 Å². The van der Waals surface area contributed by atoms with Crippen molar-refractivity contribution in [2.24, 2.45) is 0 Å². The van der Waals surface area contributed by atoms with E-state index in [1.54, 1.807) is 11.5 Å². The van der Waals surface area contributed by atoms with Crippen molar-refractivity contribution < 1.29 is 31.9 Å². The zero-order chi connectivity index (χ0) is 28.2. The molecule has 2 N–H and O–H groups in total. The lowest BCUT2D eigenvalue weighted by atomic mass is 10.1. The van der Waals surface area contributed by atoms with Crippen LogP contribution in [0.1, 0.15) is 17.0 Å². The lowest BCUT2D eigenvalue weighted by Gasteiger charge is -2.24. The molecule has 0 aromatic carbocycles. The van der Waals surface area contributed by atoms with E-state index in [4.69, 9.17) is 29.9 Å². The number of halogens is 1. The maximum Gasteiger partial charge on any atom is 0.387 e. The number of thiol groups is 1. The zero-order valence-electron chi connectivity index (χ0n) is 20.4. The molecule has 40 heavy (non-hydrogen) atoms. The third-order valence-electron chi connectivity index (χ3n) is 6.16. The number of aromatic amines is 1. The molecule has 6 rings (SSSR count). The van der Waals surface area contributed by atoms with E-state index >= 15 is 4.39 Å². The molecule has 0 saturated carbocycles. The summed E-state index contributed by atoms with van der Waals surface area (Å²) in [6, 6.07) is 0. The molecule has 2 unspecified atom stereocenters. The monoisotopic (exact) mass is 650 g/mol. The van der Waals surface area contributed by atoms with Gasteiger partial charge in [0.1, 0.15) is 47.7 Å². The fourth-order valence-corrected chi connectivity index (χ4v) is 8.59. The topological polar surface area (TPSA) is 181 Å². The number of thioether (sulfide) groups is 1. The van der Waals surface area contributed by atoms with E-state index in [-0.39, 0.29) is 43.4 Å². The van der Waals surface area contributed by atoms with Gasteiger partial charge >= 0.3 is 13.5 Å². The number of aromatic nitrogens is 8. The van der Waals surface area contributed by atoms with Crippen LogP contribution in [0.4, 0.5) is 4.39 Å². The van der Waals surface area contributed by atoms with E-state index in [0.29, 0.717) is 17.0 Å². The molecule has 1 fully saturated rings. The number of nitrogens with one attached hydrogen (secondary N) is 1. The molecule has 214 valence electrons. The van der Waals surface area contributed by atoms with E-state index < -0.39 is 42.0 Å². The number of rotatable bonds is 1. The van der Waals surface area contributed by atoms with Crippen molar-refractivity contribution in [3.05, 3.63) is 40.9 Å². The Hall–Kier alpha value is -1.79. The predicted molar refractivity (Wildman–Crippen MR) is 148 cm³/mol. The summed E-state index contributed by atoms with van der Waals surface area (Å²) in [7, 11) is 0. The van der Waals surface area contributed by atoms with Crippen LogP contribution in [0.2, 0.25) is 0 Å². The number of fused-ring (bicyclic) bond motifs is 6. The summed E-state index contributed by atoms with van der Waals surface area (Å²) >= 11 is 10.3. The lowest BCUT2D eigenvalue weighted by Crippen LogP contribution is -2.31. The highest BCUT2D eigenvalue weighted by Gasteiger charge is 2.50. The second-order valence-corrected chi connectivity index (χ2v) is 15.9. The summed E-state index contributed by atoms with van der Waals surface area (Å²) in [4.78, 5) is 46.6. The molecule has 6 heterocycles. The highest BCUT2D eigenvalue weighted by Crippen LogP contribution is 2.60. The average molecular weight is 651 g/mol. The van der Waals surface area contributed by atoms with Crippen LogP contribution in [0, 0.1) is 6.92 Å². The van der Waals surface area contributed by atoms with Crippen LogP contribution in [-0.4, -0.2) is 74.7 Å². The van der Waals surface area contributed by atoms with Crippen LogP contribution in [0.3, 0.4) is 0 Å². The Balaban J connectivity index is 1.38. The third kappa shape index (κ3) is 5.52. The van der Waals surface area contributed by atoms with Crippen LogP contribution < -0.4 is 5.56 Å². The van der Waals surface area contributed by atoms with Gasteiger partial charge in [0.15, 0.2) is 16.8 Å². The highest BCUT2D eigenvalue weighted by molar-refractivity contribution is 8.44. The van der Waals surface area contributed by atoms with Gasteiger partial charge < -0.3 is 23.5 Å². The van der Waals surface area contributed by atoms with Crippen LogP contribution in [-0.2, 0) is 47.6 Å². The van der Waals surface area contributed by atoms with Gasteiger partial charge in [-0.3, -0.25) is 18.4 Å². The minimum absolute atomic E-state index is 0.0359. The Morgan fingerprint density at radius 3 is 2.92 bits per heavy atom. The fraction of sp³-hybridized carbons (Fsp3) is 0.474. The summed E-state index contributed by atoms with van der Waals surface area (Å²) < 4.78 is 54.6. The second-order valence-electron chi connectivity index (χ2n) is 8.81. The van der Waals surface area contributed by atoms with Crippen molar-refractivity contribution in [2.75, 3.05) is 13.2 Å². The van der Waals surface area contributed by atoms with Crippen molar-refractivity contribution in [3.8, 4) is 0 Å². The van der Waals surface area contributed by atoms with Gasteiger partial charge in [0.25, 0.3) is 5.56 Å². The summed E-state index contributed by atoms with van der Waals surface area (Å²) in [5, 5.41) is -1.86. The van der Waals surface area contributed by atoms with Gasteiger partial charge in [-0.25, -0.2) is 33.9 Å². The number of alkyl halides is 1. The standard InChI is InChI=1S/C19H21FN8O7P2S3/c1-9-24-17-14(18(29)25-9)23-8-28(17)19-15-13(20)11(40-19)5-33-36(30,38)32-3-2-27-12(6-34-37(31,39)35-15)26-10-4-21-7-22-16(10)27/h4,7-8,11,13,15,19H,2-3,5-6H2,1H3,(H,30,38)(H,31,39)(H,24,25,29)/t11-,13-,15-,19-,36?,37?/m1/s1. The Morgan fingerprint density at radius 1 is 1.27 bits per heavy atom. The molecule has 4 aromatic rings. The van der Waals surface area contributed by atoms with E-state index in [0.717, 1.165) is 11.8 Å². The maximum atomic E-state index is 15.9. The molecule has 1 saturated heterocycles. The summed E-state index contributed by atoms with van der Waals surface area (Å²) in [5.41, 5.74) is 0.611. The van der Waals surface area contributed by atoms with Gasteiger partial charge in [-0.1, -0.05) is 12.2 Å². The maximum absolute atomic E-state index is 15.9. The van der Waals surface area contributed by atoms with Crippen molar-refractivity contribution in [1.29, 1.82) is 0 Å². The van der Waals surface area contributed by atoms with Gasteiger partial charge in [-0.05, 0) is 18.7 Å². The zero-order valence-corrected chi connectivity index (χ0v) is 24.7. The normalized spacial score (nSPS) is 32.1. The van der Waals surface area contributed by atoms with Crippen LogP contribution >= 0.6 is 37.5 Å². The minimum Gasteiger partial charge on any atom is -0.324 e. The molecular weight excluding hydrogens is 629 g/mol. The van der Waals surface area contributed by atoms with Gasteiger partial charge in [-0.2, -0.15) is 0 Å². The molecule has 2 aliphatic rings. The van der Waals surface area contributed by atoms with Gasteiger partial charge in [-0.15, -0.1) is 11.8 Å². The predicted octanol–water partition coefficient (Wildman–Crippen LogP) is 2.42. The van der Waals surface area contributed by atoms with Gasteiger partial charge in [0.2, 0.25) is 0 Å².